The molecule has 1 aromatic rings. The van der Waals surface area contributed by atoms with Crippen molar-refractivity contribution >= 4 is 11.9 Å². The normalized spacial score (nSPS) is 15.0. The summed E-state index contributed by atoms with van der Waals surface area (Å²) < 4.78 is 5.76. The van der Waals surface area contributed by atoms with Gasteiger partial charge in [-0.1, -0.05) is 30.5 Å². The molecule has 0 bridgehead atoms. The summed E-state index contributed by atoms with van der Waals surface area (Å²) in [5.74, 6) is -2.66. The van der Waals surface area contributed by atoms with Crippen LogP contribution >= 0.6 is 0 Å². The number of benzene rings is 1. The van der Waals surface area contributed by atoms with Crippen LogP contribution in [0, 0.1) is 6.92 Å². The fraction of sp³-hybridized carbons (Fsp3) is 0.529. The number of aryl methyl sites for hydroxylation is 1. The Morgan fingerprint density at radius 2 is 1.52 bits per heavy atom. The average molecular weight is 323 g/mol. The van der Waals surface area contributed by atoms with E-state index in [2.05, 4.69) is 36.1 Å². The van der Waals surface area contributed by atoms with Crippen molar-refractivity contribution in [3.8, 4) is 5.75 Å². The van der Waals surface area contributed by atoms with E-state index in [1.54, 1.807) is 0 Å². The van der Waals surface area contributed by atoms with E-state index in [0.29, 0.717) is 0 Å². The maximum absolute atomic E-state index is 9.10. The second-order valence-corrected chi connectivity index (χ2v) is 5.53. The number of carboxylic acid groups (broad SMARTS) is 2. The predicted octanol–water partition coefficient (Wildman–Crippen LogP) is 2.41. The van der Waals surface area contributed by atoms with E-state index in [4.69, 9.17) is 24.5 Å². The van der Waals surface area contributed by atoms with Crippen LogP contribution in [0.5, 0.6) is 5.75 Å². The zero-order valence-electron chi connectivity index (χ0n) is 13.5. The van der Waals surface area contributed by atoms with Gasteiger partial charge in [0.05, 0.1) is 0 Å². The van der Waals surface area contributed by atoms with Gasteiger partial charge in [-0.3, -0.25) is 4.90 Å². The first-order valence-electron chi connectivity index (χ1n) is 7.87. The first-order chi connectivity index (χ1) is 11.0. The molecular formula is C17H25NO5. The van der Waals surface area contributed by atoms with E-state index >= 15 is 0 Å². The summed E-state index contributed by atoms with van der Waals surface area (Å²) in [5, 5.41) is 14.8. The highest BCUT2D eigenvalue weighted by Crippen LogP contribution is 2.12. The summed E-state index contributed by atoms with van der Waals surface area (Å²) in [7, 11) is 0. The Balaban J connectivity index is 0.000000379. The van der Waals surface area contributed by atoms with E-state index in [-0.39, 0.29) is 0 Å². The van der Waals surface area contributed by atoms with Crippen molar-refractivity contribution in [3.05, 3.63) is 29.8 Å². The van der Waals surface area contributed by atoms with Gasteiger partial charge in [0.2, 0.25) is 0 Å². The van der Waals surface area contributed by atoms with Gasteiger partial charge < -0.3 is 14.9 Å². The van der Waals surface area contributed by atoms with Crippen LogP contribution in [0.2, 0.25) is 0 Å². The molecular weight excluding hydrogens is 298 g/mol. The Labute approximate surface area is 136 Å². The van der Waals surface area contributed by atoms with Crippen LogP contribution < -0.4 is 4.74 Å². The first-order valence-corrected chi connectivity index (χ1v) is 7.87. The van der Waals surface area contributed by atoms with Gasteiger partial charge in [-0.15, -0.1) is 0 Å². The molecule has 2 rings (SSSR count). The molecule has 0 atom stereocenters. The van der Waals surface area contributed by atoms with Gasteiger partial charge in [0.15, 0.2) is 0 Å². The second-order valence-electron chi connectivity index (χ2n) is 5.53. The monoisotopic (exact) mass is 323 g/mol. The fourth-order valence-electron chi connectivity index (χ4n) is 2.29. The first kappa shape index (κ1) is 19.0. The third-order valence-electron chi connectivity index (χ3n) is 3.58. The molecule has 0 amide bonds. The highest BCUT2D eigenvalue weighted by atomic mass is 16.5. The fourth-order valence-corrected chi connectivity index (χ4v) is 2.29. The van der Waals surface area contributed by atoms with Crippen LogP contribution in [0.4, 0.5) is 0 Å². The number of carbonyl (C=O) groups is 2. The third-order valence-corrected chi connectivity index (χ3v) is 3.58. The molecule has 23 heavy (non-hydrogen) atoms. The highest BCUT2D eigenvalue weighted by molar-refractivity contribution is 6.27. The Kier molecular flexibility index (Phi) is 8.75. The second kappa shape index (κ2) is 10.6. The van der Waals surface area contributed by atoms with E-state index < -0.39 is 11.9 Å². The molecule has 1 saturated heterocycles. The van der Waals surface area contributed by atoms with Gasteiger partial charge in [0.1, 0.15) is 12.4 Å². The molecule has 0 aliphatic carbocycles. The van der Waals surface area contributed by atoms with E-state index in [9.17, 15) is 0 Å². The van der Waals surface area contributed by atoms with Gasteiger partial charge in [0.25, 0.3) is 0 Å². The number of rotatable bonds is 4. The van der Waals surface area contributed by atoms with Gasteiger partial charge in [-0.25, -0.2) is 9.59 Å². The zero-order chi connectivity index (χ0) is 17.1. The molecule has 6 nitrogen and oxygen atoms in total. The minimum atomic E-state index is -1.82. The van der Waals surface area contributed by atoms with Crippen LogP contribution in [0.3, 0.4) is 0 Å². The topological polar surface area (TPSA) is 87.1 Å². The third kappa shape index (κ3) is 8.83. The smallest absolute Gasteiger partial charge is 0.414 e. The Morgan fingerprint density at radius 3 is 2.00 bits per heavy atom. The summed E-state index contributed by atoms with van der Waals surface area (Å²) in [5.41, 5.74) is 1.28. The molecule has 1 heterocycles. The molecule has 6 heteroatoms. The lowest BCUT2D eigenvalue weighted by molar-refractivity contribution is -0.159. The van der Waals surface area contributed by atoms with Crippen molar-refractivity contribution in [2.24, 2.45) is 0 Å². The molecule has 1 aliphatic heterocycles. The molecule has 0 spiro atoms. The zero-order valence-corrected chi connectivity index (χ0v) is 13.5. The summed E-state index contributed by atoms with van der Waals surface area (Å²) in [6, 6.07) is 8.30. The summed E-state index contributed by atoms with van der Waals surface area (Å²) >= 11 is 0. The quantitative estimate of drug-likeness (QED) is 0.827. The van der Waals surface area contributed by atoms with E-state index in [1.165, 1.54) is 44.3 Å². The van der Waals surface area contributed by atoms with Crippen LogP contribution in [0.15, 0.2) is 24.3 Å². The number of hydrogen-bond donors (Lipinski definition) is 2. The van der Waals surface area contributed by atoms with Gasteiger partial charge in [0, 0.05) is 6.54 Å². The average Bonchev–Trinajstić information content (AvgIpc) is 2.78. The van der Waals surface area contributed by atoms with Crippen LogP contribution in [0.1, 0.15) is 31.2 Å². The van der Waals surface area contributed by atoms with Crippen molar-refractivity contribution in [2.45, 2.75) is 32.6 Å². The SMILES string of the molecule is Cc1ccc(OCCN2CCCCCC2)cc1.O=C(O)C(=O)O. The van der Waals surface area contributed by atoms with Crippen molar-refractivity contribution in [1.82, 2.24) is 4.90 Å². The highest BCUT2D eigenvalue weighted by Gasteiger charge is 2.08. The van der Waals surface area contributed by atoms with Gasteiger partial charge >= 0.3 is 11.9 Å². The van der Waals surface area contributed by atoms with Crippen LogP contribution in [-0.2, 0) is 9.59 Å². The lowest BCUT2D eigenvalue weighted by atomic mass is 10.2. The minimum Gasteiger partial charge on any atom is -0.492 e. The summed E-state index contributed by atoms with van der Waals surface area (Å²) in [6.07, 6.45) is 5.50. The standard InChI is InChI=1S/C15H23NO.C2H2O4/c1-14-6-8-15(9-7-14)17-13-12-16-10-4-2-3-5-11-16;3-1(4)2(5)6/h6-9H,2-5,10-13H2,1H3;(H,3,4)(H,5,6). The minimum absolute atomic E-state index is 0.809. The van der Waals surface area contributed by atoms with E-state index in [1.807, 2.05) is 0 Å². The molecule has 1 fully saturated rings. The molecule has 0 saturated carbocycles. The van der Waals surface area contributed by atoms with Crippen molar-refractivity contribution in [3.63, 3.8) is 0 Å². The van der Waals surface area contributed by atoms with Crippen LogP contribution in [-0.4, -0.2) is 53.3 Å². The number of nitrogens with zero attached hydrogens (tertiary/aromatic N) is 1. The van der Waals surface area contributed by atoms with Crippen LogP contribution in [0.25, 0.3) is 0 Å². The number of aliphatic carboxylic acids is 2. The molecule has 2 N–H and O–H groups in total. The van der Waals surface area contributed by atoms with Crippen molar-refractivity contribution in [2.75, 3.05) is 26.2 Å². The summed E-state index contributed by atoms with van der Waals surface area (Å²) in [4.78, 5) is 20.7. The number of carboxylic acids is 2. The number of ether oxygens (including phenoxy) is 1. The molecule has 128 valence electrons. The molecule has 1 aliphatic rings. The Morgan fingerprint density at radius 1 is 1.00 bits per heavy atom. The largest absolute Gasteiger partial charge is 0.492 e. The predicted molar refractivity (Wildman–Crippen MR) is 86.9 cm³/mol. The Bertz CT molecular complexity index is 466. The molecule has 0 aromatic heterocycles. The lowest BCUT2D eigenvalue weighted by Crippen LogP contribution is -2.29. The van der Waals surface area contributed by atoms with Gasteiger partial charge in [-0.05, 0) is 45.0 Å². The maximum atomic E-state index is 9.10. The molecule has 1 aromatic carbocycles. The lowest BCUT2D eigenvalue weighted by Gasteiger charge is -2.19. The number of likely N-dealkylation sites (tertiary alicyclic amines) is 1. The maximum Gasteiger partial charge on any atom is 0.414 e. The van der Waals surface area contributed by atoms with E-state index in [0.717, 1.165) is 18.9 Å². The summed E-state index contributed by atoms with van der Waals surface area (Å²) in [6.45, 7) is 6.46. The Hall–Kier alpha value is -2.08. The van der Waals surface area contributed by atoms with Gasteiger partial charge in [-0.2, -0.15) is 0 Å². The molecule has 0 radical (unpaired) electrons. The van der Waals surface area contributed by atoms with Crippen molar-refractivity contribution in [1.29, 1.82) is 0 Å². The number of hydrogen-bond acceptors (Lipinski definition) is 4. The van der Waals surface area contributed by atoms with Crippen molar-refractivity contribution < 1.29 is 24.5 Å². The molecule has 0 unspecified atom stereocenters.